The van der Waals surface area contributed by atoms with Crippen molar-refractivity contribution in [2.24, 2.45) is 0 Å². The number of hydrogen-bond donors (Lipinski definition) is 2. The van der Waals surface area contributed by atoms with Crippen LogP contribution in [0.1, 0.15) is 44.8 Å². The third-order valence-corrected chi connectivity index (χ3v) is 5.88. The molecule has 5 rings (SSSR count). The Morgan fingerprint density at radius 2 is 1.74 bits per heavy atom. The van der Waals surface area contributed by atoms with Crippen molar-refractivity contribution in [1.29, 1.82) is 0 Å². The van der Waals surface area contributed by atoms with Crippen molar-refractivity contribution in [1.82, 2.24) is 24.6 Å². The molecule has 0 saturated heterocycles. The number of halogens is 2. The molecule has 2 aromatic heterocycles. The van der Waals surface area contributed by atoms with E-state index in [0.717, 1.165) is 35.7 Å². The van der Waals surface area contributed by atoms with Crippen molar-refractivity contribution in [2.45, 2.75) is 26.1 Å². The Morgan fingerprint density at radius 1 is 1.05 bits per heavy atom. The number of aldehydes is 2. The zero-order valence-electron chi connectivity index (χ0n) is 21.9. The van der Waals surface area contributed by atoms with Gasteiger partial charge < -0.3 is 15.0 Å². The summed E-state index contributed by atoms with van der Waals surface area (Å²) in [5.41, 5.74) is 3.44. The van der Waals surface area contributed by atoms with Gasteiger partial charge in [-0.15, -0.1) is 10.2 Å². The summed E-state index contributed by atoms with van der Waals surface area (Å²) >= 11 is 0. The maximum atomic E-state index is 13.1. The average molecular weight is 537 g/mol. The molecule has 0 fully saturated rings. The molecule has 0 spiro atoms. The molecule has 204 valence electrons. The molecule has 1 atom stereocenters. The molecule has 1 aliphatic heterocycles. The van der Waals surface area contributed by atoms with Gasteiger partial charge in [0, 0.05) is 25.7 Å². The van der Waals surface area contributed by atoms with Gasteiger partial charge in [-0.3, -0.25) is 14.5 Å². The molecule has 2 N–H and O–H groups in total. The van der Waals surface area contributed by atoms with Crippen LogP contribution in [0.25, 0.3) is 11.5 Å². The third-order valence-electron chi connectivity index (χ3n) is 5.88. The van der Waals surface area contributed by atoms with Crippen LogP contribution >= 0.6 is 0 Å². The largest absolute Gasteiger partial charge is 0.394 e. The summed E-state index contributed by atoms with van der Waals surface area (Å²) in [5, 5.41) is 20.1. The van der Waals surface area contributed by atoms with Crippen LogP contribution in [0.4, 0.5) is 14.6 Å². The molecule has 3 heterocycles. The van der Waals surface area contributed by atoms with Crippen LogP contribution in [0.3, 0.4) is 0 Å². The lowest BCUT2D eigenvalue weighted by Gasteiger charge is -2.12. The SMILES string of the molecule is CN1Cc2cc(F)c(C=O)cc2C1.CNc1cccc(-c2nncn2C(C)CO)n1.O=Cc1ccc(F)cc1. The topological polar surface area (TPSA) is 113 Å². The average Bonchev–Trinajstić information content (AvgIpc) is 3.59. The fourth-order valence-corrected chi connectivity index (χ4v) is 3.78. The van der Waals surface area contributed by atoms with Crippen molar-refractivity contribution in [2.75, 3.05) is 26.0 Å². The van der Waals surface area contributed by atoms with E-state index in [9.17, 15) is 18.4 Å². The lowest BCUT2D eigenvalue weighted by Crippen LogP contribution is -2.10. The van der Waals surface area contributed by atoms with Crippen LogP contribution in [0, 0.1) is 11.6 Å². The number of aromatic nitrogens is 4. The van der Waals surface area contributed by atoms with E-state index in [1.807, 2.05) is 43.8 Å². The van der Waals surface area contributed by atoms with E-state index in [4.69, 9.17) is 5.11 Å². The molecule has 39 heavy (non-hydrogen) atoms. The number of hydrogen-bond acceptors (Lipinski definition) is 8. The second-order valence-corrected chi connectivity index (χ2v) is 8.85. The van der Waals surface area contributed by atoms with Crippen molar-refractivity contribution in [3.63, 3.8) is 0 Å². The van der Waals surface area contributed by atoms with E-state index in [1.54, 1.807) is 12.4 Å². The molecule has 0 amide bonds. The molecule has 9 nitrogen and oxygen atoms in total. The highest BCUT2D eigenvalue weighted by Crippen LogP contribution is 2.24. The lowest BCUT2D eigenvalue weighted by atomic mass is 10.1. The highest BCUT2D eigenvalue weighted by atomic mass is 19.1. The lowest BCUT2D eigenvalue weighted by molar-refractivity contribution is 0.111. The van der Waals surface area contributed by atoms with Crippen molar-refractivity contribution in [3.05, 3.63) is 94.8 Å². The van der Waals surface area contributed by atoms with Gasteiger partial charge in [0.15, 0.2) is 12.1 Å². The van der Waals surface area contributed by atoms with Gasteiger partial charge in [0.25, 0.3) is 0 Å². The number of aliphatic hydroxyl groups excluding tert-OH is 1. The normalized spacial score (nSPS) is 12.8. The molecule has 1 unspecified atom stereocenters. The standard InChI is InChI=1S/C11H15N5O.C10H10FNO.C7H5FO/c1-8(6-17)16-7-13-15-11(16)9-4-3-5-10(12-2)14-9;1-12-4-7-2-9(6-13)10(11)3-8(7)5-12;8-7-3-1-6(5-9)2-4-7/h3-5,7-8,17H,6H2,1-2H3,(H,12,14);2-3,6H,4-5H2,1H3;1-5H. The van der Waals surface area contributed by atoms with Crippen molar-refractivity contribution >= 4 is 18.4 Å². The van der Waals surface area contributed by atoms with Gasteiger partial charge in [0.05, 0.1) is 18.2 Å². The van der Waals surface area contributed by atoms with Gasteiger partial charge in [-0.25, -0.2) is 13.8 Å². The fraction of sp³-hybridized carbons (Fsp3) is 0.250. The Labute approximate surface area is 225 Å². The van der Waals surface area contributed by atoms with E-state index in [1.165, 1.54) is 30.3 Å². The molecule has 11 heteroatoms. The highest BCUT2D eigenvalue weighted by molar-refractivity contribution is 5.76. The van der Waals surface area contributed by atoms with Gasteiger partial charge in [-0.05, 0) is 73.6 Å². The smallest absolute Gasteiger partial charge is 0.182 e. The number of nitrogens with one attached hydrogen (secondary N) is 1. The summed E-state index contributed by atoms with van der Waals surface area (Å²) in [6.45, 7) is 3.51. The minimum atomic E-state index is -0.413. The van der Waals surface area contributed by atoms with Crippen LogP contribution in [0.5, 0.6) is 0 Å². The summed E-state index contributed by atoms with van der Waals surface area (Å²) in [5.74, 6) is 0.696. The Bertz CT molecular complexity index is 1390. The Balaban J connectivity index is 0.000000170. The van der Waals surface area contributed by atoms with E-state index in [0.29, 0.717) is 24.0 Å². The van der Waals surface area contributed by atoms with E-state index >= 15 is 0 Å². The first kappa shape index (κ1) is 29.2. The number of nitrogens with zero attached hydrogens (tertiary/aromatic N) is 5. The molecular weight excluding hydrogens is 506 g/mol. The molecule has 4 aromatic rings. The second kappa shape index (κ2) is 14.0. The molecule has 0 saturated carbocycles. The molecular formula is C28H30F2N6O3. The van der Waals surface area contributed by atoms with Gasteiger partial charge in [0.2, 0.25) is 0 Å². The summed E-state index contributed by atoms with van der Waals surface area (Å²) in [6.07, 6.45) is 2.84. The summed E-state index contributed by atoms with van der Waals surface area (Å²) in [6, 6.07) is 14.0. The molecule has 0 radical (unpaired) electrons. The first-order valence-electron chi connectivity index (χ1n) is 12.1. The minimum absolute atomic E-state index is 0.0385. The maximum Gasteiger partial charge on any atom is 0.182 e. The minimum Gasteiger partial charge on any atom is -0.394 e. The number of fused-ring (bicyclic) bond motifs is 1. The van der Waals surface area contributed by atoms with Gasteiger partial charge in [0.1, 0.15) is 35.8 Å². The molecule has 0 bridgehead atoms. The van der Waals surface area contributed by atoms with Crippen LogP contribution in [-0.4, -0.2) is 63.0 Å². The van der Waals surface area contributed by atoms with Gasteiger partial charge in [-0.2, -0.15) is 0 Å². The molecule has 1 aliphatic rings. The second-order valence-electron chi connectivity index (χ2n) is 8.85. The van der Waals surface area contributed by atoms with Crippen LogP contribution in [0.2, 0.25) is 0 Å². The Hall–Kier alpha value is -4.35. The summed E-state index contributed by atoms with van der Waals surface area (Å²) in [7, 11) is 3.78. The van der Waals surface area contributed by atoms with E-state index in [2.05, 4.69) is 25.4 Å². The first-order valence-corrected chi connectivity index (χ1v) is 12.1. The number of carbonyl (C=O) groups excluding carboxylic acids is 2. The highest BCUT2D eigenvalue weighted by Gasteiger charge is 2.18. The summed E-state index contributed by atoms with van der Waals surface area (Å²) in [4.78, 5) is 26.9. The zero-order chi connectivity index (χ0) is 28.4. The maximum absolute atomic E-state index is 13.1. The van der Waals surface area contributed by atoms with Crippen molar-refractivity contribution < 1.29 is 23.5 Å². The number of pyridine rings is 1. The van der Waals surface area contributed by atoms with Gasteiger partial charge in [-0.1, -0.05) is 6.07 Å². The number of rotatable bonds is 6. The first-order chi connectivity index (χ1) is 18.8. The Kier molecular flexibility index (Phi) is 10.5. The van der Waals surface area contributed by atoms with E-state index < -0.39 is 5.82 Å². The predicted octanol–water partition coefficient (Wildman–Crippen LogP) is 4.16. The van der Waals surface area contributed by atoms with E-state index in [-0.39, 0.29) is 24.0 Å². The number of aliphatic hydroxyl groups is 1. The Morgan fingerprint density at radius 3 is 2.36 bits per heavy atom. The zero-order valence-corrected chi connectivity index (χ0v) is 21.9. The van der Waals surface area contributed by atoms with Crippen LogP contribution < -0.4 is 5.32 Å². The van der Waals surface area contributed by atoms with Gasteiger partial charge >= 0.3 is 0 Å². The number of carbonyl (C=O) groups is 2. The number of anilines is 1. The summed E-state index contributed by atoms with van der Waals surface area (Å²) < 4.78 is 27.0. The predicted molar refractivity (Wildman–Crippen MR) is 143 cm³/mol. The molecule has 0 aliphatic carbocycles. The van der Waals surface area contributed by atoms with Crippen LogP contribution in [-0.2, 0) is 13.1 Å². The third kappa shape index (κ3) is 7.82. The molecule has 2 aromatic carbocycles. The quantitative estimate of drug-likeness (QED) is 0.353. The monoisotopic (exact) mass is 536 g/mol. The van der Waals surface area contributed by atoms with Crippen molar-refractivity contribution in [3.8, 4) is 11.5 Å². The van der Waals surface area contributed by atoms with Crippen LogP contribution in [0.15, 0.2) is 60.9 Å². The fourth-order valence-electron chi connectivity index (χ4n) is 3.78. The number of benzene rings is 2.